The Morgan fingerprint density at radius 2 is 1.78 bits per heavy atom. The zero-order valence-corrected chi connectivity index (χ0v) is 6.32. The molecule has 0 aromatic rings. The van der Waals surface area contributed by atoms with E-state index < -0.39 is 0 Å². The van der Waals surface area contributed by atoms with Gasteiger partial charge in [-0.1, -0.05) is 0 Å². The van der Waals surface area contributed by atoms with Crippen molar-refractivity contribution in [3.8, 4) is 0 Å². The zero-order valence-electron chi connectivity index (χ0n) is 6.32. The number of ether oxygens (including phenoxy) is 1. The summed E-state index contributed by atoms with van der Waals surface area (Å²) in [4.78, 5) is 0. The third kappa shape index (κ3) is 0.586. The largest absolute Gasteiger partial charge is 0.369 e. The van der Waals surface area contributed by atoms with Crippen molar-refractivity contribution in [1.82, 2.24) is 0 Å². The van der Waals surface area contributed by atoms with E-state index in [9.17, 15) is 0 Å². The molecule has 9 heavy (non-hydrogen) atoms. The smallest absolute Gasteiger partial charge is 0.0698 e. The van der Waals surface area contributed by atoms with E-state index in [-0.39, 0.29) is 11.2 Å². The lowest BCUT2D eigenvalue weighted by atomic mass is 9.70. The van der Waals surface area contributed by atoms with Crippen LogP contribution >= 0.6 is 0 Å². The first-order valence-electron chi connectivity index (χ1n) is 3.57. The van der Waals surface area contributed by atoms with Crippen LogP contribution < -0.4 is 0 Å². The lowest BCUT2D eigenvalue weighted by molar-refractivity contribution is -0.0425. The molecule has 0 amide bonds. The first-order chi connectivity index (χ1) is 4.02. The Bertz CT molecular complexity index is 143. The highest BCUT2D eigenvalue weighted by molar-refractivity contribution is 5.27. The molecule has 2 aliphatic heterocycles. The van der Waals surface area contributed by atoms with Crippen molar-refractivity contribution in [1.29, 1.82) is 0 Å². The minimum atomic E-state index is 0.106. The van der Waals surface area contributed by atoms with Gasteiger partial charge in [-0.15, -0.1) is 0 Å². The molecule has 1 heteroatoms. The van der Waals surface area contributed by atoms with Gasteiger partial charge in [0, 0.05) is 5.92 Å². The van der Waals surface area contributed by atoms with Crippen molar-refractivity contribution in [2.45, 2.75) is 44.8 Å². The number of rotatable bonds is 0. The average Bonchev–Trinajstić information content (AvgIpc) is 1.83. The van der Waals surface area contributed by atoms with Gasteiger partial charge >= 0.3 is 0 Å². The summed E-state index contributed by atoms with van der Waals surface area (Å²) in [7, 11) is 0. The summed E-state index contributed by atoms with van der Waals surface area (Å²) in [6.45, 7) is 6.53. The van der Waals surface area contributed by atoms with Crippen LogP contribution in [0.25, 0.3) is 0 Å². The van der Waals surface area contributed by atoms with Crippen molar-refractivity contribution >= 4 is 0 Å². The highest BCUT2D eigenvalue weighted by Gasteiger charge is 2.59. The summed E-state index contributed by atoms with van der Waals surface area (Å²) in [6, 6.07) is 0. The van der Waals surface area contributed by atoms with Crippen LogP contribution in [-0.2, 0) is 4.74 Å². The van der Waals surface area contributed by atoms with Crippen LogP contribution in [0, 0.1) is 5.92 Å². The molecule has 2 heterocycles. The molecule has 2 bridgehead atoms. The molecule has 0 unspecified atom stereocenters. The molecule has 3 rings (SSSR count). The summed E-state index contributed by atoms with van der Waals surface area (Å²) in [6.07, 6.45) is 2.42. The Morgan fingerprint density at radius 1 is 1.22 bits per heavy atom. The van der Waals surface area contributed by atoms with Gasteiger partial charge in [0.1, 0.15) is 0 Å². The molecule has 0 aromatic heterocycles. The molecule has 51 valence electrons. The maximum atomic E-state index is 5.77. The second-order valence-corrected chi connectivity index (χ2v) is 4.02. The van der Waals surface area contributed by atoms with Gasteiger partial charge in [-0.05, 0) is 33.6 Å². The molecular formula is C8H13O. The minimum absolute atomic E-state index is 0.106. The minimum Gasteiger partial charge on any atom is -0.369 e. The summed E-state index contributed by atoms with van der Waals surface area (Å²) in [5.41, 5.74) is 0.341. The van der Waals surface area contributed by atoms with Gasteiger partial charge in [0.15, 0.2) is 0 Å². The van der Waals surface area contributed by atoms with Crippen LogP contribution in [0.1, 0.15) is 33.6 Å². The standard InChI is InChI=1S/C8H13O/c1-7(2)6-4-8(3,5-6)9-7/h4-5H2,1-3H3. The van der Waals surface area contributed by atoms with Gasteiger partial charge in [-0.3, -0.25) is 0 Å². The van der Waals surface area contributed by atoms with E-state index in [1.165, 1.54) is 12.8 Å². The van der Waals surface area contributed by atoms with Crippen molar-refractivity contribution < 1.29 is 4.74 Å². The lowest BCUT2D eigenvalue weighted by Gasteiger charge is -2.31. The van der Waals surface area contributed by atoms with Crippen LogP contribution in [-0.4, -0.2) is 11.2 Å². The van der Waals surface area contributed by atoms with Crippen LogP contribution in [0.5, 0.6) is 0 Å². The highest BCUT2D eigenvalue weighted by Crippen LogP contribution is 2.58. The Balaban J connectivity index is 2.23. The first-order valence-corrected chi connectivity index (χ1v) is 3.57. The Kier molecular flexibility index (Phi) is 0.760. The molecular weight excluding hydrogens is 112 g/mol. The van der Waals surface area contributed by atoms with Gasteiger partial charge in [0.2, 0.25) is 0 Å². The Hall–Kier alpha value is -0.0400. The van der Waals surface area contributed by atoms with Crippen LogP contribution in [0.15, 0.2) is 0 Å². The Morgan fingerprint density at radius 3 is 1.89 bits per heavy atom. The first kappa shape index (κ1) is 5.72. The van der Waals surface area contributed by atoms with Crippen molar-refractivity contribution in [2.75, 3.05) is 0 Å². The number of hydrogen-bond donors (Lipinski definition) is 0. The van der Waals surface area contributed by atoms with E-state index in [4.69, 9.17) is 4.74 Å². The van der Waals surface area contributed by atoms with Crippen molar-refractivity contribution in [2.24, 2.45) is 0 Å². The Labute approximate surface area is 56.4 Å². The molecule has 0 atom stereocenters. The van der Waals surface area contributed by atoms with Crippen LogP contribution in [0.4, 0.5) is 0 Å². The molecule has 0 aromatic carbocycles. The summed E-state index contributed by atoms with van der Waals surface area (Å²) < 4.78 is 5.77. The van der Waals surface area contributed by atoms with Crippen LogP contribution in [0.2, 0.25) is 0 Å². The lowest BCUT2D eigenvalue weighted by Crippen LogP contribution is -2.31. The van der Waals surface area contributed by atoms with Gasteiger partial charge in [0.25, 0.3) is 0 Å². The molecule has 0 spiro atoms. The summed E-state index contributed by atoms with van der Waals surface area (Å²) >= 11 is 0. The van der Waals surface area contributed by atoms with Crippen LogP contribution in [0.3, 0.4) is 0 Å². The summed E-state index contributed by atoms with van der Waals surface area (Å²) in [5, 5.41) is 0. The van der Waals surface area contributed by atoms with E-state index in [2.05, 4.69) is 20.8 Å². The molecule has 2 saturated heterocycles. The predicted molar refractivity (Wildman–Crippen MR) is 36.0 cm³/mol. The number of hydrogen-bond acceptors (Lipinski definition) is 1. The van der Waals surface area contributed by atoms with E-state index in [0.717, 1.165) is 0 Å². The molecule has 1 radical (unpaired) electrons. The SMILES string of the molecule is CC12C[C](C1)C(C)(C)O2. The van der Waals surface area contributed by atoms with E-state index in [0.29, 0.717) is 0 Å². The fraction of sp³-hybridized carbons (Fsp3) is 0.875. The second-order valence-electron chi connectivity index (χ2n) is 4.02. The van der Waals surface area contributed by atoms with Gasteiger partial charge in [-0.2, -0.15) is 0 Å². The third-order valence-corrected chi connectivity index (χ3v) is 2.53. The van der Waals surface area contributed by atoms with Crippen molar-refractivity contribution in [3.05, 3.63) is 5.92 Å². The summed E-state index contributed by atoms with van der Waals surface area (Å²) in [5.74, 6) is 1.60. The van der Waals surface area contributed by atoms with E-state index in [1.807, 2.05) is 0 Å². The number of fused-ring (bicyclic) bond motifs is 1. The van der Waals surface area contributed by atoms with Crippen molar-refractivity contribution in [3.63, 3.8) is 0 Å². The van der Waals surface area contributed by atoms with E-state index in [1.54, 1.807) is 5.92 Å². The highest BCUT2D eigenvalue weighted by atomic mass is 16.5. The molecule has 3 aliphatic rings. The van der Waals surface area contributed by atoms with Gasteiger partial charge in [-0.25, -0.2) is 0 Å². The normalized spacial score (nSPS) is 36.3. The predicted octanol–water partition coefficient (Wildman–Crippen LogP) is 1.92. The second kappa shape index (κ2) is 1.20. The third-order valence-electron chi connectivity index (χ3n) is 2.53. The molecule has 1 nitrogen and oxygen atoms in total. The average molecular weight is 125 g/mol. The molecule has 1 saturated carbocycles. The van der Waals surface area contributed by atoms with E-state index >= 15 is 0 Å². The molecule has 1 aliphatic carbocycles. The fourth-order valence-electron chi connectivity index (χ4n) is 2.04. The van der Waals surface area contributed by atoms with Gasteiger partial charge in [0.05, 0.1) is 11.2 Å². The topological polar surface area (TPSA) is 9.23 Å². The maximum absolute atomic E-state index is 5.77. The monoisotopic (exact) mass is 125 g/mol. The maximum Gasteiger partial charge on any atom is 0.0698 e. The zero-order chi connectivity index (χ0) is 6.70. The fourth-order valence-corrected chi connectivity index (χ4v) is 2.04. The quantitative estimate of drug-likeness (QED) is 0.480. The molecule has 0 N–H and O–H groups in total. The molecule has 3 fully saturated rings. The van der Waals surface area contributed by atoms with Gasteiger partial charge < -0.3 is 4.74 Å².